The number of carbonyl (C=O) groups is 1. The normalized spacial score (nSPS) is 16.1. The van der Waals surface area contributed by atoms with Crippen molar-refractivity contribution in [2.45, 2.75) is 32.5 Å². The molecule has 1 amide bonds. The Morgan fingerprint density at radius 2 is 2.10 bits per heavy atom. The Balaban J connectivity index is 2.14. The molecule has 5 heteroatoms. The Labute approximate surface area is 119 Å². The minimum atomic E-state index is -0.588. The van der Waals surface area contributed by atoms with Gasteiger partial charge in [0.05, 0.1) is 13.7 Å². The second-order valence-electron chi connectivity index (χ2n) is 4.90. The van der Waals surface area contributed by atoms with E-state index in [0.717, 1.165) is 25.9 Å². The fraction of sp³-hybridized carbons (Fsp3) is 0.533. The molecule has 0 saturated carbocycles. The molecule has 0 bridgehead atoms. The highest BCUT2D eigenvalue weighted by Crippen LogP contribution is 2.32. The van der Waals surface area contributed by atoms with E-state index < -0.39 is 6.10 Å². The fourth-order valence-electron chi connectivity index (χ4n) is 2.40. The van der Waals surface area contributed by atoms with Crippen molar-refractivity contribution in [2.75, 3.05) is 20.2 Å². The third kappa shape index (κ3) is 3.04. The average Bonchev–Trinajstić information content (AvgIpc) is 3.00. The second kappa shape index (κ2) is 6.61. The van der Waals surface area contributed by atoms with Gasteiger partial charge in [0.15, 0.2) is 17.6 Å². The zero-order chi connectivity index (χ0) is 14.5. The van der Waals surface area contributed by atoms with Crippen LogP contribution in [-0.4, -0.2) is 42.2 Å². The van der Waals surface area contributed by atoms with E-state index in [-0.39, 0.29) is 12.5 Å². The number of ether oxygens (including phenoxy) is 2. The molecule has 1 aliphatic heterocycles. The summed E-state index contributed by atoms with van der Waals surface area (Å²) in [6, 6.07) is 5.29. The van der Waals surface area contributed by atoms with E-state index in [0.29, 0.717) is 17.1 Å². The molecule has 0 spiro atoms. The summed E-state index contributed by atoms with van der Waals surface area (Å²) in [4.78, 5) is 14.1. The smallest absolute Gasteiger partial charge is 0.263 e. The van der Waals surface area contributed by atoms with Crippen LogP contribution in [0.25, 0.3) is 0 Å². The first-order valence-corrected chi connectivity index (χ1v) is 6.89. The topological polar surface area (TPSA) is 59.0 Å². The van der Waals surface area contributed by atoms with Crippen LogP contribution in [0.15, 0.2) is 18.2 Å². The molecular formula is C15H21NO4. The highest BCUT2D eigenvalue weighted by molar-refractivity contribution is 5.81. The van der Waals surface area contributed by atoms with Crippen LogP contribution in [0.2, 0.25) is 0 Å². The number of para-hydroxylation sites is 1. The van der Waals surface area contributed by atoms with Gasteiger partial charge in [-0.05, 0) is 25.8 Å². The van der Waals surface area contributed by atoms with E-state index in [1.807, 2.05) is 4.90 Å². The third-order valence-corrected chi connectivity index (χ3v) is 3.51. The highest BCUT2D eigenvalue weighted by Gasteiger charge is 2.26. The predicted octanol–water partition coefficient (Wildman–Crippen LogP) is 1.58. The molecule has 0 radical (unpaired) electrons. The Bertz CT molecular complexity index is 447. The molecule has 0 aromatic heterocycles. The molecule has 1 aromatic rings. The number of hydrogen-bond donors (Lipinski definition) is 1. The molecule has 1 aromatic carbocycles. The van der Waals surface area contributed by atoms with Crippen LogP contribution in [0, 0.1) is 0 Å². The Morgan fingerprint density at radius 1 is 1.40 bits per heavy atom. The molecular weight excluding hydrogens is 258 g/mol. The zero-order valence-electron chi connectivity index (χ0n) is 12.0. The third-order valence-electron chi connectivity index (χ3n) is 3.51. The fourth-order valence-corrected chi connectivity index (χ4v) is 2.40. The summed E-state index contributed by atoms with van der Waals surface area (Å²) in [5.41, 5.74) is 0.616. The maximum Gasteiger partial charge on any atom is 0.263 e. The summed E-state index contributed by atoms with van der Waals surface area (Å²) in [5, 5.41) is 9.37. The molecule has 110 valence electrons. The highest BCUT2D eigenvalue weighted by atomic mass is 16.5. The Kier molecular flexibility index (Phi) is 4.84. The average molecular weight is 279 g/mol. The lowest BCUT2D eigenvalue weighted by Crippen LogP contribution is -2.38. The quantitative estimate of drug-likeness (QED) is 0.889. The van der Waals surface area contributed by atoms with Gasteiger partial charge < -0.3 is 19.5 Å². The summed E-state index contributed by atoms with van der Waals surface area (Å²) in [6.07, 6.45) is 1.51. The SMILES string of the molecule is COc1cccc(CO)c1OC(C)C(=O)N1CCCC1. The molecule has 1 atom stereocenters. The second-order valence-corrected chi connectivity index (χ2v) is 4.90. The van der Waals surface area contributed by atoms with Crippen molar-refractivity contribution in [1.29, 1.82) is 0 Å². The molecule has 1 unspecified atom stereocenters. The maximum absolute atomic E-state index is 12.2. The van der Waals surface area contributed by atoms with Crippen LogP contribution in [0.5, 0.6) is 11.5 Å². The van der Waals surface area contributed by atoms with Crippen LogP contribution in [-0.2, 0) is 11.4 Å². The predicted molar refractivity (Wildman–Crippen MR) is 74.8 cm³/mol. The maximum atomic E-state index is 12.2. The standard InChI is InChI=1S/C15H21NO4/c1-11(15(18)16-8-3-4-9-16)20-14-12(10-17)6-5-7-13(14)19-2/h5-7,11,17H,3-4,8-10H2,1-2H3. The van der Waals surface area contributed by atoms with E-state index in [1.165, 1.54) is 7.11 Å². The summed E-state index contributed by atoms with van der Waals surface area (Å²) >= 11 is 0. The minimum Gasteiger partial charge on any atom is -0.493 e. The van der Waals surface area contributed by atoms with Crippen molar-refractivity contribution in [2.24, 2.45) is 0 Å². The van der Waals surface area contributed by atoms with Gasteiger partial charge in [0.1, 0.15) is 0 Å². The van der Waals surface area contributed by atoms with E-state index in [2.05, 4.69) is 0 Å². The first kappa shape index (κ1) is 14.7. The van der Waals surface area contributed by atoms with Gasteiger partial charge in [0.25, 0.3) is 5.91 Å². The number of rotatable bonds is 5. The molecule has 1 saturated heterocycles. The van der Waals surface area contributed by atoms with Gasteiger partial charge in [0.2, 0.25) is 0 Å². The molecule has 2 rings (SSSR count). The van der Waals surface area contributed by atoms with Crippen molar-refractivity contribution in [3.05, 3.63) is 23.8 Å². The summed E-state index contributed by atoms with van der Waals surface area (Å²) < 4.78 is 11.0. The lowest BCUT2D eigenvalue weighted by atomic mass is 10.2. The largest absolute Gasteiger partial charge is 0.493 e. The minimum absolute atomic E-state index is 0.0164. The lowest BCUT2D eigenvalue weighted by molar-refractivity contribution is -0.136. The number of benzene rings is 1. The van der Waals surface area contributed by atoms with Gasteiger partial charge in [0, 0.05) is 18.7 Å². The van der Waals surface area contributed by atoms with E-state index in [9.17, 15) is 9.90 Å². The summed E-state index contributed by atoms with van der Waals surface area (Å²) in [7, 11) is 1.54. The number of hydrogen-bond acceptors (Lipinski definition) is 4. The lowest BCUT2D eigenvalue weighted by Gasteiger charge is -2.23. The molecule has 1 N–H and O–H groups in total. The number of nitrogens with zero attached hydrogens (tertiary/aromatic N) is 1. The van der Waals surface area contributed by atoms with Crippen molar-refractivity contribution < 1.29 is 19.4 Å². The monoisotopic (exact) mass is 279 g/mol. The molecule has 0 aliphatic carbocycles. The molecule has 5 nitrogen and oxygen atoms in total. The molecule has 20 heavy (non-hydrogen) atoms. The van der Waals surface area contributed by atoms with Crippen LogP contribution in [0.4, 0.5) is 0 Å². The van der Waals surface area contributed by atoms with Gasteiger partial charge in [-0.15, -0.1) is 0 Å². The van der Waals surface area contributed by atoms with Gasteiger partial charge in [-0.3, -0.25) is 4.79 Å². The molecule has 1 aliphatic rings. The van der Waals surface area contributed by atoms with Crippen LogP contribution in [0.3, 0.4) is 0 Å². The van der Waals surface area contributed by atoms with Crippen LogP contribution >= 0.6 is 0 Å². The number of methoxy groups -OCH3 is 1. The number of likely N-dealkylation sites (tertiary alicyclic amines) is 1. The number of carbonyl (C=O) groups excluding carboxylic acids is 1. The Morgan fingerprint density at radius 3 is 2.70 bits per heavy atom. The summed E-state index contributed by atoms with van der Waals surface area (Å²) in [6.45, 7) is 3.17. The molecule has 1 heterocycles. The van der Waals surface area contributed by atoms with Gasteiger partial charge in [-0.25, -0.2) is 0 Å². The zero-order valence-corrected chi connectivity index (χ0v) is 12.0. The van der Waals surface area contributed by atoms with E-state index >= 15 is 0 Å². The van der Waals surface area contributed by atoms with Gasteiger partial charge >= 0.3 is 0 Å². The van der Waals surface area contributed by atoms with Crippen LogP contribution < -0.4 is 9.47 Å². The Hall–Kier alpha value is -1.75. The number of aliphatic hydroxyl groups is 1. The number of amides is 1. The van der Waals surface area contributed by atoms with Gasteiger partial charge in [-0.1, -0.05) is 12.1 Å². The van der Waals surface area contributed by atoms with Crippen molar-refractivity contribution >= 4 is 5.91 Å². The van der Waals surface area contributed by atoms with E-state index in [4.69, 9.17) is 9.47 Å². The first-order valence-electron chi connectivity index (χ1n) is 6.89. The molecule has 1 fully saturated rings. The van der Waals surface area contributed by atoms with Crippen molar-refractivity contribution in [1.82, 2.24) is 4.90 Å². The first-order chi connectivity index (χ1) is 9.67. The van der Waals surface area contributed by atoms with Gasteiger partial charge in [-0.2, -0.15) is 0 Å². The summed E-state index contributed by atoms with van der Waals surface area (Å²) in [5.74, 6) is 0.951. The van der Waals surface area contributed by atoms with E-state index in [1.54, 1.807) is 25.1 Å². The van der Waals surface area contributed by atoms with Crippen molar-refractivity contribution in [3.8, 4) is 11.5 Å². The van der Waals surface area contributed by atoms with Crippen molar-refractivity contribution in [3.63, 3.8) is 0 Å². The number of aliphatic hydroxyl groups excluding tert-OH is 1. The van der Waals surface area contributed by atoms with Crippen LogP contribution in [0.1, 0.15) is 25.3 Å².